The van der Waals surface area contributed by atoms with Crippen LogP contribution in [-0.2, 0) is 26.5 Å². The Kier molecular flexibility index (Phi) is 4.77. The van der Waals surface area contributed by atoms with Crippen molar-refractivity contribution in [3.63, 3.8) is 0 Å². The SMILES string of the molecule is C#CCS(=O)(=O)Nc1ccc2c(c1)CCCN2S(=O)(=O)c1cccs1. The highest BCUT2D eigenvalue weighted by Gasteiger charge is 2.30. The molecule has 0 atom stereocenters. The van der Waals surface area contributed by atoms with Crippen LogP contribution in [0, 0.1) is 12.3 Å². The second-order valence-electron chi connectivity index (χ2n) is 5.52. The maximum absolute atomic E-state index is 12.8. The molecule has 0 unspecified atom stereocenters. The van der Waals surface area contributed by atoms with Crippen molar-refractivity contribution in [2.24, 2.45) is 0 Å². The number of anilines is 2. The van der Waals surface area contributed by atoms with Gasteiger partial charge in [0.15, 0.2) is 0 Å². The highest BCUT2D eigenvalue weighted by atomic mass is 32.2. The van der Waals surface area contributed by atoms with Gasteiger partial charge in [0.05, 0.1) is 5.69 Å². The van der Waals surface area contributed by atoms with Crippen LogP contribution in [0.15, 0.2) is 39.9 Å². The van der Waals surface area contributed by atoms with Crippen molar-refractivity contribution in [3.8, 4) is 12.3 Å². The quantitative estimate of drug-likeness (QED) is 0.786. The molecule has 0 aliphatic carbocycles. The Labute approximate surface area is 151 Å². The van der Waals surface area contributed by atoms with E-state index in [0.29, 0.717) is 35.0 Å². The van der Waals surface area contributed by atoms with Gasteiger partial charge in [0.1, 0.15) is 9.96 Å². The normalized spacial score (nSPS) is 14.6. The molecule has 1 aliphatic heterocycles. The molecule has 132 valence electrons. The van der Waals surface area contributed by atoms with Crippen molar-refractivity contribution < 1.29 is 16.8 Å². The first-order valence-electron chi connectivity index (χ1n) is 7.46. The van der Waals surface area contributed by atoms with Crippen LogP contribution in [0.3, 0.4) is 0 Å². The molecule has 0 radical (unpaired) electrons. The third-order valence-electron chi connectivity index (χ3n) is 3.74. The number of hydrogen-bond donors (Lipinski definition) is 1. The highest BCUT2D eigenvalue weighted by Crippen LogP contribution is 2.34. The third-order valence-corrected chi connectivity index (χ3v) is 8.02. The summed E-state index contributed by atoms with van der Waals surface area (Å²) in [5.41, 5.74) is 1.75. The molecule has 1 N–H and O–H groups in total. The molecule has 0 amide bonds. The molecule has 0 fully saturated rings. The van der Waals surface area contributed by atoms with Gasteiger partial charge < -0.3 is 0 Å². The van der Waals surface area contributed by atoms with Gasteiger partial charge >= 0.3 is 0 Å². The zero-order valence-electron chi connectivity index (χ0n) is 13.2. The Morgan fingerprint density at radius 2 is 2.04 bits per heavy atom. The Morgan fingerprint density at radius 1 is 1.24 bits per heavy atom. The second-order valence-corrected chi connectivity index (χ2v) is 10.3. The predicted molar refractivity (Wildman–Crippen MR) is 99.9 cm³/mol. The molecule has 0 saturated heterocycles. The number of terminal acetylenes is 1. The summed E-state index contributed by atoms with van der Waals surface area (Å²) in [5.74, 6) is 1.68. The predicted octanol–water partition coefficient (Wildman–Crippen LogP) is 2.26. The Balaban J connectivity index is 1.95. The number of rotatable bonds is 5. The van der Waals surface area contributed by atoms with Gasteiger partial charge in [-0.25, -0.2) is 16.8 Å². The number of benzene rings is 1. The molecule has 1 aliphatic rings. The van der Waals surface area contributed by atoms with Gasteiger partial charge in [-0.3, -0.25) is 9.03 Å². The Bertz CT molecular complexity index is 1020. The van der Waals surface area contributed by atoms with Crippen LogP contribution in [0.25, 0.3) is 0 Å². The first-order valence-corrected chi connectivity index (χ1v) is 11.4. The third kappa shape index (κ3) is 3.66. The van der Waals surface area contributed by atoms with E-state index in [0.717, 1.165) is 5.56 Å². The fourth-order valence-corrected chi connectivity index (χ4v) is 6.14. The van der Waals surface area contributed by atoms with Gasteiger partial charge in [-0.2, -0.15) is 0 Å². The van der Waals surface area contributed by atoms with E-state index in [9.17, 15) is 16.8 Å². The monoisotopic (exact) mass is 396 g/mol. The van der Waals surface area contributed by atoms with Gasteiger partial charge in [-0.1, -0.05) is 12.0 Å². The summed E-state index contributed by atoms with van der Waals surface area (Å²) in [6.07, 6.45) is 6.39. The fourth-order valence-electron chi connectivity index (χ4n) is 2.72. The Hall–Kier alpha value is -2.02. The maximum Gasteiger partial charge on any atom is 0.273 e. The molecule has 6 nitrogen and oxygen atoms in total. The van der Waals surface area contributed by atoms with E-state index in [1.165, 1.54) is 15.6 Å². The molecular formula is C16H16N2O4S3. The van der Waals surface area contributed by atoms with Crippen LogP contribution >= 0.6 is 11.3 Å². The topological polar surface area (TPSA) is 83.6 Å². The molecular weight excluding hydrogens is 380 g/mol. The van der Waals surface area contributed by atoms with E-state index in [1.807, 2.05) is 0 Å². The molecule has 0 saturated carbocycles. The number of sulfonamides is 2. The van der Waals surface area contributed by atoms with E-state index < -0.39 is 25.8 Å². The van der Waals surface area contributed by atoms with Gasteiger partial charge in [0, 0.05) is 12.2 Å². The molecule has 1 aromatic carbocycles. The van der Waals surface area contributed by atoms with E-state index in [-0.39, 0.29) is 0 Å². The van der Waals surface area contributed by atoms with Crippen molar-refractivity contribution in [3.05, 3.63) is 41.3 Å². The summed E-state index contributed by atoms with van der Waals surface area (Å²) in [6, 6.07) is 8.13. The lowest BCUT2D eigenvalue weighted by Crippen LogP contribution is -2.35. The molecule has 2 heterocycles. The first kappa shape index (κ1) is 17.8. The lowest BCUT2D eigenvalue weighted by atomic mass is 10.0. The average molecular weight is 397 g/mol. The molecule has 2 aromatic rings. The minimum absolute atomic E-state index is 0.291. The largest absolute Gasteiger partial charge is 0.283 e. The number of aryl methyl sites for hydroxylation is 1. The summed E-state index contributed by atoms with van der Waals surface area (Å²) in [4.78, 5) is 0. The van der Waals surface area contributed by atoms with Crippen LogP contribution in [0.5, 0.6) is 0 Å². The van der Waals surface area contributed by atoms with Gasteiger partial charge in [0.25, 0.3) is 10.0 Å². The minimum atomic E-state index is -3.60. The molecule has 25 heavy (non-hydrogen) atoms. The highest BCUT2D eigenvalue weighted by molar-refractivity contribution is 7.94. The van der Waals surface area contributed by atoms with Crippen molar-refractivity contribution in [2.45, 2.75) is 17.1 Å². The van der Waals surface area contributed by atoms with Crippen LogP contribution < -0.4 is 9.03 Å². The summed E-state index contributed by atoms with van der Waals surface area (Å²) < 4.78 is 53.3. The van der Waals surface area contributed by atoms with Crippen molar-refractivity contribution in [2.75, 3.05) is 21.3 Å². The smallest absolute Gasteiger partial charge is 0.273 e. The van der Waals surface area contributed by atoms with Gasteiger partial charge in [-0.15, -0.1) is 17.8 Å². The van der Waals surface area contributed by atoms with E-state index in [4.69, 9.17) is 6.42 Å². The van der Waals surface area contributed by atoms with Crippen LogP contribution in [0.2, 0.25) is 0 Å². The first-order chi connectivity index (χ1) is 11.8. The van der Waals surface area contributed by atoms with Gasteiger partial charge in [0.2, 0.25) is 10.0 Å². The van der Waals surface area contributed by atoms with Crippen LogP contribution in [-0.4, -0.2) is 29.1 Å². The average Bonchev–Trinajstić information content (AvgIpc) is 3.08. The second kappa shape index (κ2) is 6.71. The van der Waals surface area contributed by atoms with Crippen molar-refractivity contribution >= 4 is 42.8 Å². The maximum atomic E-state index is 12.8. The lowest BCUT2D eigenvalue weighted by Gasteiger charge is -2.30. The molecule has 0 bridgehead atoms. The standard InChI is InChI=1S/C16H16N2O4S3/c1-2-11-24(19,20)17-14-7-8-15-13(12-14)5-3-9-18(15)25(21,22)16-6-4-10-23-16/h1,4,6-8,10,12,17H,3,5,9,11H2. The van der Waals surface area contributed by atoms with Crippen LogP contribution in [0.4, 0.5) is 11.4 Å². The lowest BCUT2D eigenvalue weighted by molar-refractivity contribution is 0.588. The van der Waals surface area contributed by atoms with E-state index in [1.54, 1.807) is 35.7 Å². The van der Waals surface area contributed by atoms with Crippen molar-refractivity contribution in [1.82, 2.24) is 0 Å². The number of nitrogens with one attached hydrogen (secondary N) is 1. The number of fused-ring (bicyclic) bond motifs is 1. The van der Waals surface area contributed by atoms with Crippen LogP contribution in [0.1, 0.15) is 12.0 Å². The van der Waals surface area contributed by atoms with E-state index in [2.05, 4.69) is 10.6 Å². The molecule has 9 heteroatoms. The molecule has 3 rings (SSSR count). The zero-order valence-corrected chi connectivity index (χ0v) is 15.6. The zero-order chi connectivity index (χ0) is 18.1. The number of thiophene rings is 1. The number of hydrogen-bond acceptors (Lipinski definition) is 5. The summed E-state index contributed by atoms with van der Waals surface area (Å²) in [7, 11) is -7.21. The Morgan fingerprint density at radius 3 is 2.72 bits per heavy atom. The van der Waals surface area contributed by atoms with Crippen molar-refractivity contribution in [1.29, 1.82) is 0 Å². The summed E-state index contributed by atoms with van der Waals surface area (Å²) in [5, 5.41) is 1.72. The summed E-state index contributed by atoms with van der Waals surface area (Å²) in [6.45, 7) is 0.398. The summed E-state index contributed by atoms with van der Waals surface area (Å²) >= 11 is 1.17. The molecule has 0 spiro atoms. The minimum Gasteiger partial charge on any atom is -0.283 e. The van der Waals surface area contributed by atoms with Gasteiger partial charge in [-0.05, 0) is 48.1 Å². The van der Waals surface area contributed by atoms with E-state index >= 15 is 0 Å². The fraction of sp³-hybridized carbons (Fsp3) is 0.250. The number of nitrogens with zero attached hydrogens (tertiary/aromatic N) is 1. The molecule has 1 aromatic heterocycles.